The normalized spacial score (nSPS) is 18.5. The van der Waals surface area contributed by atoms with Crippen molar-refractivity contribution < 1.29 is 14.3 Å². The van der Waals surface area contributed by atoms with Crippen molar-refractivity contribution in [1.29, 1.82) is 0 Å². The summed E-state index contributed by atoms with van der Waals surface area (Å²) in [6.07, 6.45) is 5.34. The van der Waals surface area contributed by atoms with E-state index in [1.54, 1.807) is 0 Å². The van der Waals surface area contributed by atoms with Crippen LogP contribution in [-0.2, 0) is 11.2 Å². The summed E-state index contributed by atoms with van der Waals surface area (Å²) in [5.74, 6) is 0.0964. The lowest BCUT2D eigenvalue weighted by Crippen LogP contribution is -2.56. The maximum Gasteiger partial charge on any atom is 0.317 e. The van der Waals surface area contributed by atoms with Gasteiger partial charge in [0, 0.05) is 50.5 Å². The summed E-state index contributed by atoms with van der Waals surface area (Å²) < 4.78 is 5.50. The molecule has 2 saturated heterocycles. The zero-order valence-corrected chi connectivity index (χ0v) is 17.9. The number of benzene rings is 1. The third kappa shape index (κ3) is 5.50. The van der Waals surface area contributed by atoms with E-state index >= 15 is 0 Å². The van der Waals surface area contributed by atoms with Crippen molar-refractivity contribution >= 4 is 11.9 Å². The maximum absolute atomic E-state index is 12.9. The van der Waals surface area contributed by atoms with Crippen molar-refractivity contribution in [3.63, 3.8) is 0 Å². The predicted molar refractivity (Wildman–Crippen MR) is 114 cm³/mol. The molecule has 0 saturated carbocycles. The standard InChI is InChI=1S/C23H35N3O3/c1-3-13-24-23(28)26(21-11-16-29-17-12-21)20-9-14-25(15-10-20)22(27)19-7-5-18(4-2)6-8-19/h5-8,20-21H,3-4,9-17H2,1-2H3,(H,24,28). The van der Waals surface area contributed by atoms with Crippen molar-refractivity contribution in [1.82, 2.24) is 15.1 Å². The van der Waals surface area contributed by atoms with E-state index in [0.29, 0.717) is 32.8 Å². The number of hydrogen-bond acceptors (Lipinski definition) is 3. The summed E-state index contributed by atoms with van der Waals surface area (Å²) in [7, 11) is 0. The summed E-state index contributed by atoms with van der Waals surface area (Å²) in [5, 5.41) is 3.06. The number of carbonyl (C=O) groups is 2. The highest BCUT2D eigenvalue weighted by Gasteiger charge is 2.35. The molecule has 3 rings (SSSR count). The minimum atomic E-state index is 0.0404. The first-order valence-electron chi connectivity index (χ1n) is 11.2. The Labute approximate surface area is 174 Å². The van der Waals surface area contributed by atoms with E-state index in [-0.39, 0.29) is 24.0 Å². The van der Waals surface area contributed by atoms with Gasteiger partial charge in [-0.1, -0.05) is 26.0 Å². The molecule has 0 bridgehead atoms. The van der Waals surface area contributed by atoms with Gasteiger partial charge in [-0.05, 0) is 56.2 Å². The number of hydrogen-bond donors (Lipinski definition) is 1. The van der Waals surface area contributed by atoms with Crippen molar-refractivity contribution in [2.45, 2.75) is 64.5 Å². The molecule has 160 valence electrons. The zero-order chi connectivity index (χ0) is 20.6. The van der Waals surface area contributed by atoms with Crippen LogP contribution in [0.4, 0.5) is 4.79 Å². The fraction of sp³-hybridized carbons (Fsp3) is 0.652. The van der Waals surface area contributed by atoms with Gasteiger partial charge in [0.1, 0.15) is 0 Å². The van der Waals surface area contributed by atoms with Gasteiger partial charge in [-0.3, -0.25) is 4.79 Å². The average Bonchev–Trinajstić information content (AvgIpc) is 2.78. The molecule has 0 radical (unpaired) electrons. The first-order chi connectivity index (χ1) is 14.1. The van der Waals surface area contributed by atoms with Crippen LogP contribution in [0.1, 0.15) is 61.9 Å². The van der Waals surface area contributed by atoms with Crippen molar-refractivity contribution in [2.24, 2.45) is 0 Å². The van der Waals surface area contributed by atoms with Crippen LogP contribution in [0.5, 0.6) is 0 Å². The second-order valence-electron chi connectivity index (χ2n) is 8.06. The molecule has 0 unspecified atom stereocenters. The Morgan fingerprint density at radius 1 is 1.03 bits per heavy atom. The van der Waals surface area contributed by atoms with E-state index in [9.17, 15) is 9.59 Å². The molecule has 3 amide bonds. The first-order valence-corrected chi connectivity index (χ1v) is 11.2. The van der Waals surface area contributed by atoms with Gasteiger partial charge >= 0.3 is 6.03 Å². The van der Waals surface area contributed by atoms with Gasteiger partial charge in [0.05, 0.1) is 0 Å². The molecule has 6 heteroatoms. The molecule has 0 atom stereocenters. The van der Waals surface area contributed by atoms with Gasteiger partial charge < -0.3 is 19.9 Å². The second-order valence-corrected chi connectivity index (χ2v) is 8.06. The molecule has 2 heterocycles. The van der Waals surface area contributed by atoms with Crippen LogP contribution < -0.4 is 5.32 Å². The van der Waals surface area contributed by atoms with Crippen LogP contribution in [0.25, 0.3) is 0 Å². The third-order valence-corrected chi connectivity index (χ3v) is 6.10. The minimum absolute atomic E-state index is 0.0404. The minimum Gasteiger partial charge on any atom is -0.381 e. The molecule has 2 fully saturated rings. The highest BCUT2D eigenvalue weighted by Crippen LogP contribution is 2.25. The number of carbonyl (C=O) groups excluding carboxylic acids is 2. The Bertz CT molecular complexity index is 662. The zero-order valence-electron chi connectivity index (χ0n) is 17.9. The van der Waals surface area contributed by atoms with E-state index in [2.05, 4.69) is 24.1 Å². The highest BCUT2D eigenvalue weighted by atomic mass is 16.5. The number of likely N-dealkylation sites (tertiary alicyclic amines) is 1. The molecule has 1 aromatic rings. The molecule has 2 aliphatic rings. The lowest BCUT2D eigenvalue weighted by Gasteiger charge is -2.43. The quantitative estimate of drug-likeness (QED) is 0.794. The van der Waals surface area contributed by atoms with Crippen molar-refractivity contribution in [3.05, 3.63) is 35.4 Å². The Kier molecular flexibility index (Phi) is 7.92. The summed E-state index contributed by atoms with van der Waals surface area (Å²) in [6.45, 7) is 7.70. The summed E-state index contributed by atoms with van der Waals surface area (Å²) in [5.41, 5.74) is 1.99. The highest BCUT2D eigenvalue weighted by molar-refractivity contribution is 5.94. The number of piperidine rings is 1. The molecule has 0 spiro atoms. The molecule has 1 N–H and O–H groups in total. The summed E-state index contributed by atoms with van der Waals surface area (Å²) >= 11 is 0. The molecular weight excluding hydrogens is 366 g/mol. The van der Waals surface area contributed by atoms with Gasteiger partial charge in [-0.2, -0.15) is 0 Å². The largest absolute Gasteiger partial charge is 0.381 e. The topological polar surface area (TPSA) is 61.9 Å². The molecule has 0 aromatic heterocycles. The molecular formula is C23H35N3O3. The number of ether oxygens (including phenoxy) is 1. The lowest BCUT2D eigenvalue weighted by atomic mass is 9.97. The van der Waals surface area contributed by atoms with Crippen LogP contribution in [0.15, 0.2) is 24.3 Å². The summed E-state index contributed by atoms with van der Waals surface area (Å²) in [4.78, 5) is 29.8. The van der Waals surface area contributed by atoms with Crippen molar-refractivity contribution in [2.75, 3.05) is 32.8 Å². The fourth-order valence-electron chi connectivity index (χ4n) is 4.33. The molecule has 0 aliphatic carbocycles. The van der Waals surface area contributed by atoms with E-state index in [1.165, 1.54) is 5.56 Å². The van der Waals surface area contributed by atoms with Crippen molar-refractivity contribution in [3.8, 4) is 0 Å². The lowest BCUT2D eigenvalue weighted by molar-refractivity contribution is 0.0209. The van der Waals surface area contributed by atoms with E-state index in [1.807, 2.05) is 29.2 Å². The van der Waals surface area contributed by atoms with Crippen LogP contribution in [0, 0.1) is 0 Å². The van der Waals surface area contributed by atoms with Crippen LogP contribution >= 0.6 is 0 Å². The Morgan fingerprint density at radius 2 is 1.66 bits per heavy atom. The first kappa shape index (κ1) is 21.6. The third-order valence-electron chi connectivity index (χ3n) is 6.10. The van der Waals surface area contributed by atoms with Gasteiger partial charge in [-0.15, -0.1) is 0 Å². The summed E-state index contributed by atoms with van der Waals surface area (Å²) in [6, 6.07) is 8.38. The number of nitrogens with zero attached hydrogens (tertiary/aromatic N) is 2. The number of nitrogens with one attached hydrogen (secondary N) is 1. The monoisotopic (exact) mass is 401 g/mol. The molecule has 6 nitrogen and oxygen atoms in total. The number of rotatable bonds is 6. The maximum atomic E-state index is 12.9. The molecule has 2 aliphatic heterocycles. The molecule has 29 heavy (non-hydrogen) atoms. The number of aryl methyl sites for hydroxylation is 1. The Hall–Kier alpha value is -2.08. The van der Waals surface area contributed by atoms with E-state index in [0.717, 1.165) is 44.1 Å². The van der Waals surface area contributed by atoms with Gasteiger partial charge in [0.2, 0.25) is 0 Å². The fourth-order valence-corrected chi connectivity index (χ4v) is 4.33. The Balaban J connectivity index is 1.62. The van der Waals surface area contributed by atoms with E-state index < -0.39 is 0 Å². The van der Waals surface area contributed by atoms with Gasteiger partial charge in [0.15, 0.2) is 0 Å². The SMILES string of the molecule is CCCNC(=O)N(C1CCOCC1)C1CCN(C(=O)c2ccc(CC)cc2)CC1. The van der Waals surface area contributed by atoms with Crippen LogP contribution in [0.2, 0.25) is 0 Å². The van der Waals surface area contributed by atoms with Gasteiger partial charge in [-0.25, -0.2) is 4.79 Å². The Morgan fingerprint density at radius 3 is 2.24 bits per heavy atom. The van der Waals surface area contributed by atoms with Gasteiger partial charge in [0.25, 0.3) is 5.91 Å². The smallest absolute Gasteiger partial charge is 0.317 e. The second kappa shape index (κ2) is 10.6. The van der Waals surface area contributed by atoms with Crippen LogP contribution in [0.3, 0.4) is 0 Å². The number of urea groups is 1. The molecule has 1 aromatic carbocycles. The van der Waals surface area contributed by atoms with E-state index in [4.69, 9.17) is 4.74 Å². The average molecular weight is 402 g/mol. The number of amides is 3. The van der Waals surface area contributed by atoms with Crippen LogP contribution in [-0.4, -0.2) is 66.7 Å². The predicted octanol–water partition coefficient (Wildman–Crippen LogP) is 3.45.